The maximum atomic E-state index is 12.6. The highest BCUT2D eigenvalue weighted by molar-refractivity contribution is 14.1. The molecule has 2 unspecified atom stereocenters. The minimum absolute atomic E-state index is 0.122. The molecule has 420 valence electrons. The summed E-state index contributed by atoms with van der Waals surface area (Å²) in [7, 11) is 3.08. The second-order valence-corrected chi connectivity index (χ2v) is 19.7. The summed E-state index contributed by atoms with van der Waals surface area (Å²) in [4.78, 5) is 53.3. The molecule has 4 aliphatic rings. The van der Waals surface area contributed by atoms with Crippen molar-refractivity contribution in [2.75, 3.05) is 65.1 Å². The van der Waals surface area contributed by atoms with Crippen LogP contribution in [0.3, 0.4) is 0 Å². The highest BCUT2D eigenvalue weighted by Gasteiger charge is 2.45. The third-order valence-electron chi connectivity index (χ3n) is 13.7. The van der Waals surface area contributed by atoms with Crippen LogP contribution in [0.1, 0.15) is 56.8 Å². The van der Waals surface area contributed by atoms with Gasteiger partial charge >= 0.3 is 12.2 Å². The molecule has 0 radical (unpaired) electrons. The third kappa shape index (κ3) is 13.5. The van der Waals surface area contributed by atoms with Crippen LogP contribution in [0, 0.1) is 39.9 Å². The van der Waals surface area contributed by atoms with Crippen LogP contribution in [-0.4, -0.2) is 182 Å². The highest BCUT2D eigenvalue weighted by Crippen LogP contribution is 2.35. The van der Waals surface area contributed by atoms with Gasteiger partial charge in [-0.2, -0.15) is 0 Å². The number of nitrogen functional groups attached to an aromatic ring is 2. The molecule has 27 heteroatoms. The zero-order valence-corrected chi connectivity index (χ0v) is 45.2. The normalized spacial score (nSPS) is 23.1. The van der Waals surface area contributed by atoms with Crippen molar-refractivity contribution >= 4 is 68.7 Å². The van der Waals surface area contributed by atoms with E-state index < -0.39 is 68.4 Å². The van der Waals surface area contributed by atoms with E-state index in [-0.39, 0.29) is 23.6 Å². The van der Waals surface area contributed by atoms with Gasteiger partial charge in [0.25, 0.3) is 0 Å². The van der Waals surface area contributed by atoms with E-state index in [2.05, 4.69) is 47.7 Å². The fraction of sp³-hybridized carbons (Fsp3) is 0.462. The summed E-state index contributed by atoms with van der Waals surface area (Å²) in [6.07, 6.45) is 3.57. The number of nitrogens with two attached hydrogens (primary N) is 2. The monoisotopic (exact) mass is 1200 g/mol. The van der Waals surface area contributed by atoms with Crippen molar-refractivity contribution < 1.29 is 68.6 Å². The number of terminal acetylenes is 1. The summed E-state index contributed by atoms with van der Waals surface area (Å²) in [6.45, 7) is 1.66. The van der Waals surface area contributed by atoms with Crippen LogP contribution in [0.4, 0.5) is 21.2 Å². The van der Waals surface area contributed by atoms with E-state index in [9.17, 15) is 35.1 Å². The minimum atomic E-state index is -1.29. The molecule has 2 amide bonds. The van der Waals surface area contributed by atoms with Gasteiger partial charge in [0, 0.05) is 61.6 Å². The van der Waals surface area contributed by atoms with Crippen molar-refractivity contribution in [1.82, 2.24) is 48.8 Å². The number of halogens is 1. The second-order valence-electron chi connectivity index (χ2n) is 18.7. The second kappa shape index (κ2) is 26.6. The van der Waals surface area contributed by atoms with Crippen molar-refractivity contribution in [2.45, 2.75) is 87.6 Å². The number of rotatable bonds is 10. The van der Waals surface area contributed by atoms with Gasteiger partial charge in [-0.1, -0.05) is 30.2 Å². The zero-order valence-electron chi connectivity index (χ0n) is 43.1. The van der Waals surface area contributed by atoms with Gasteiger partial charge in [-0.15, -0.1) is 12.3 Å². The van der Waals surface area contributed by atoms with E-state index in [1.165, 1.54) is 28.9 Å². The molecule has 10 rings (SSSR count). The van der Waals surface area contributed by atoms with Gasteiger partial charge < -0.3 is 80.3 Å². The Hall–Kier alpha value is -7.19. The van der Waals surface area contributed by atoms with Crippen LogP contribution in [0.2, 0.25) is 0 Å². The Morgan fingerprint density at radius 3 is 1.52 bits per heavy atom. The Morgan fingerprint density at radius 1 is 0.658 bits per heavy atom. The van der Waals surface area contributed by atoms with Gasteiger partial charge in [0.15, 0.2) is 62.2 Å². The highest BCUT2D eigenvalue weighted by atomic mass is 127. The molecule has 26 nitrogen and oxygen atoms in total. The van der Waals surface area contributed by atoms with Crippen LogP contribution in [0.5, 0.6) is 23.0 Å². The van der Waals surface area contributed by atoms with Gasteiger partial charge in [0.2, 0.25) is 5.82 Å². The lowest BCUT2D eigenvalue weighted by Gasteiger charge is -2.30. The Morgan fingerprint density at radius 2 is 1.09 bits per heavy atom. The van der Waals surface area contributed by atoms with E-state index in [1.54, 1.807) is 47.2 Å². The van der Waals surface area contributed by atoms with E-state index in [1.807, 2.05) is 40.8 Å². The van der Waals surface area contributed by atoms with Crippen molar-refractivity contribution in [2.24, 2.45) is 11.8 Å². The number of carbonyl (C=O) groups is 2. The molecular formula is C52H61IN12O14. The number of aliphatic hydroxyl groups excluding tert-OH is 6. The first kappa shape index (κ1) is 58.0. The van der Waals surface area contributed by atoms with Gasteiger partial charge in [-0.3, -0.25) is 9.13 Å². The number of fused-ring (bicyclic) bond motifs is 2. The fourth-order valence-corrected chi connectivity index (χ4v) is 9.79. The number of benzene rings is 2. The molecule has 2 aromatic carbocycles. The van der Waals surface area contributed by atoms with Crippen molar-refractivity contribution in [3.05, 3.63) is 70.8 Å². The summed E-state index contributed by atoms with van der Waals surface area (Å²) in [5.74, 6) is 12.0. The number of aromatic nitrogens is 8. The summed E-state index contributed by atoms with van der Waals surface area (Å²) in [5.41, 5.74) is 13.2. The van der Waals surface area contributed by atoms with Gasteiger partial charge in [0.05, 0.1) is 40.1 Å². The van der Waals surface area contributed by atoms with Crippen LogP contribution in [0.25, 0.3) is 22.3 Å². The fourth-order valence-electron chi connectivity index (χ4n) is 9.30. The van der Waals surface area contributed by atoms with Crippen molar-refractivity contribution in [1.29, 1.82) is 0 Å². The number of ether oxygens (including phenoxy) is 6. The van der Waals surface area contributed by atoms with E-state index in [4.69, 9.17) is 51.4 Å². The number of carbonyl (C=O) groups excluding carboxylic acids is 2. The summed E-state index contributed by atoms with van der Waals surface area (Å²) < 4.78 is 35.7. The number of imidazole rings is 2. The minimum Gasteiger partial charge on any atom is -0.493 e. The molecule has 6 aromatic rings. The van der Waals surface area contributed by atoms with Crippen molar-refractivity contribution in [3.8, 4) is 47.2 Å². The molecule has 4 fully saturated rings. The Balaban J connectivity index is 0.000000172. The number of piperidine rings is 2. The first-order valence-corrected chi connectivity index (χ1v) is 26.3. The molecule has 0 spiro atoms. The molecule has 8 atom stereocenters. The Bertz CT molecular complexity index is 3170. The summed E-state index contributed by atoms with van der Waals surface area (Å²) in [6, 6.07) is 14.1. The first-order chi connectivity index (χ1) is 38.2. The standard InChI is InChI=1S/C26H30N6O7.C16H19NO3.C10H12IN5O4/c1-37-16-6-2-3-7-17(16)39-26(36)31-11-9-15(10-12-31)5-4-8-19-29-23(27)20-24(30-19)32(14-28-20)25-22(35)21(34)18(13-33)38-25;1-3-6-13-9-11-17(12-10-13)16(18)20-15-8-5-4-7-14(15)19-2;11-10-14-7(12)4-8(15-10)16(2-13-4)9-6(19)5(18)3(1-17)20-9/h2-3,6-7,14-15,18,21-22,25,33-35H,5,9-13H2,1H3,(H2,27,29,30);1,4-5,7-8,13H,6,9-12H2,2H3;2-3,5-6,9,17-19H,1H2,(H2,12,14,15)/t18-,21+,22?,25-;;3-,5+,6?,9-/m1.1/s1. The third-order valence-corrected chi connectivity index (χ3v) is 14.2. The molecule has 0 bridgehead atoms. The van der Waals surface area contributed by atoms with Gasteiger partial charge in [-0.25, -0.2) is 39.5 Å². The SMILES string of the molecule is C#CCC1CCN(C(=O)Oc2ccccc2OC)CC1.COc1ccccc1OC(=O)N1CCC(CC#Cc2nc(N)c3ncn([C@@H]4O[C@H](CO)[C@H](O)C4O)c3n2)CC1.Nc1nc(I)nc2c1ncn2[C@@H]1O[C@H](CO)[C@H](O)C1O. The number of nitrogens with zero attached hydrogens (tertiary/aromatic N) is 10. The van der Waals surface area contributed by atoms with Crippen LogP contribution < -0.4 is 30.4 Å². The molecule has 10 N–H and O–H groups in total. The van der Waals surface area contributed by atoms with Crippen LogP contribution in [0.15, 0.2) is 61.2 Å². The van der Waals surface area contributed by atoms with Gasteiger partial charge in [-0.05, 0) is 67.7 Å². The summed E-state index contributed by atoms with van der Waals surface area (Å²) in [5, 5.41) is 58.8. The maximum Gasteiger partial charge on any atom is 0.415 e. The Labute approximate surface area is 466 Å². The number of methoxy groups -OCH3 is 2. The number of aliphatic hydroxyl groups is 6. The van der Waals surface area contributed by atoms with Gasteiger partial charge in [0.1, 0.15) is 47.7 Å². The molecular weight excluding hydrogens is 1140 g/mol. The maximum absolute atomic E-state index is 12.6. The first-order valence-electron chi connectivity index (χ1n) is 25.2. The number of anilines is 2. The molecule has 8 heterocycles. The average molecular weight is 1210 g/mol. The predicted octanol–water partition coefficient (Wildman–Crippen LogP) is 2.24. The molecule has 0 saturated carbocycles. The smallest absolute Gasteiger partial charge is 0.415 e. The van der Waals surface area contributed by atoms with Crippen LogP contribution in [-0.2, 0) is 9.47 Å². The average Bonchev–Trinajstić information content (AvgIpc) is 4.39. The number of likely N-dealkylation sites (tertiary alicyclic amines) is 2. The van der Waals surface area contributed by atoms with E-state index in [0.29, 0.717) is 93.6 Å². The lowest BCUT2D eigenvalue weighted by atomic mass is 9.94. The Kier molecular flexibility index (Phi) is 19.6. The topological polar surface area (TPSA) is 357 Å². The molecule has 79 heavy (non-hydrogen) atoms. The molecule has 4 aliphatic heterocycles. The molecule has 4 aromatic heterocycles. The number of para-hydroxylation sites is 4. The molecule has 0 aliphatic carbocycles. The number of hydrogen-bond acceptors (Lipinski definition) is 22. The summed E-state index contributed by atoms with van der Waals surface area (Å²) >= 11 is 1.92. The number of hydrogen-bond donors (Lipinski definition) is 8. The van der Waals surface area contributed by atoms with E-state index in [0.717, 1.165) is 32.1 Å². The predicted molar refractivity (Wildman–Crippen MR) is 290 cm³/mol. The zero-order chi connectivity index (χ0) is 56.3. The quantitative estimate of drug-likeness (QED) is 0.0554. The lowest BCUT2D eigenvalue weighted by molar-refractivity contribution is -0.0511. The van der Waals surface area contributed by atoms with Crippen molar-refractivity contribution in [3.63, 3.8) is 0 Å². The van der Waals surface area contributed by atoms with Crippen LogP contribution >= 0.6 is 22.6 Å². The molecule has 4 saturated heterocycles. The number of amides is 2. The van der Waals surface area contributed by atoms with E-state index >= 15 is 0 Å². The largest absolute Gasteiger partial charge is 0.493 e. The lowest BCUT2D eigenvalue weighted by Crippen LogP contribution is -2.40.